The van der Waals surface area contributed by atoms with Crippen LogP contribution in [-0.2, 0) is 21.3 Å². The third-order valence-electron chi connectivity index (χ3n) is 4.20. The van der Waals surface area contributed by atoms with Gasteiger partial charge in [-0.25, -0.2) is 8.42 Å². The molecule has 7 nitrogen and oxygen atoms in total. The second-order valence-electron chi connectivity index (χ2n) is 6.49. The second kappa shape index (κ2) is 8.02. The van der Waals surface area contributed by atoms with Crippen LogP contribution in [0.4, 0.5) is 0 Å². The van der Waals surface area contributed by atoms with Crippen LogP contribution < -0.4 is 5.32 Å². The van der Waals surface area contributed by atoms with Crippen molar-refractivity contribution in [3.8, 4) is 0 Å². The molecule has 0 aliphatic carbocycles. The number of carbonyl (C=O) groups is 1. The van der Waals surface area contributed by atoms with Gasteiger partial charge in [0, 0.05) is 18.7 Å². The Morgan fingerprint density at radius 3 is 2.59 bits per heavy atom. The van der Waals surface area contributed by atoms with Gasteiger partial charge in [-0.05, 0) is 44.2 Å². The summed E-state index contributed by atoms with van der Waals surface area (Å²) in [6.07, 6.45) is 1.07. The summed E-state index contributed by atoms with van der Waals surface area (Å²) in [5.41, 5.74) is 0.207. The van der Waals surface area contributed by atoms with E-state index in [4.69, 9.17) is 20.8 Å². The van der Waals surface area contributed by atoms with Crippen molar-refractivity contribution in [2.75, 3.05) is 13.1 Å². The Balaban J connectivity index is 1.82. The topological polar surface area (TPSA) is 88.9 Å². The molecule has 2 unspecified atom stereocenters. The van der Waals surface area contributed by atoms with Gasteiger partial charge in [0.1, 0.15) is 10.7 Å². The van der Waals surface area contributed by atoms with E-state index in [2.05, 4.69) is 5.32 Å². The fourth-order valence-corrected chi connectivity index (χ4v) is 5.08. The summed E-state index contributed by atoms with van der Waals surface area (Å²) in [4.78, 5) is 12.3. The van der Waals surface area contributed by atoms with Gasteiger partial charge in [0.2, 0.25) is 10.0 Å². The standard InChI is InChI=1S/C18H21ClN2O5S/c1-12-10-21(11-13(2)26-12)27(23,24)17-8-14(5-6-16(17)19)18(22)20-9-15-4-3-7-25-15/h3-8,12-13H,9-11H2,1-2H3,(H,20,22). The number of hydrogen-bond acceptors (Lipinski definition) is 5. The third-order valence-corrected chi connectivity index (χ3v) is 6.51. The summed E-state index contributed by atoms with van der Waals surface area (Å²) in [6.45, 7) is 4.31. The Morgan fingerprint density at radius 1 is 1.26 bits per heavy atom. The van der Waals surface area contributed by atoms with Crippen molar-refractivity contribution in [2.45, 2.75) is 37.5 Å². The average molecular weight is 413 g/mol. The highest BCUT2D eigenvalue weighted by atomic mass is 35.5. The van der Waals surface area contributed by atoms with Gasteiger partial charge in [-0.15, -0.1) is 0 Å². The summed E-state index contributed by atoms with van der Waals surface area (Å²) < 4.78 is 38.2. The molecule has 27 heavy (non-hydrogen) atoms. The molecule has 1 amide bonds. The number of morpholine rings is 1. The summed E-state index contributed by atoms with van der Waals surface area (Å²) in [5, 5.41) is 2.76. The maximum absolute atomic E-state index is 13.1. The summed E-state index contributed by atoms with van der Waals surface area (Å²) >= 11 is 6.15. The lowest BCUT2D eigenvalue weighted by Crippen LogP contribution is -2.48. The van der Waals surface area contributed by atoms with Crippen molar-refractivity contribution < 1.29 is 22.4 Å². The van der Waals surface area contributed by atoms with Crippen molar-refractivity contribution in [3.05, 3.63) is 52.9 Å². The van der Waals surface area contributed by atoms with Crippen molar-refractivity contribution in [2.24, 2.45) is 0 Å². The maximum Gasteiger partial charge on any atom is 0.251 e. The normalized spacial score (nSPS) is 21.1. The number of furan rings is 1. The van der Waals surface area contributed by atoms with Crippen LogP contribution in [0.2, 0.25) is 5.02 Å². The monoisotopic (exact) mass is 412 g/mol. The summed E-state index contributed by atoms with van der Waals surface area (Å²) in [6, 6.07) is 7.67. The molecule has 0 bridgehead atoms. The Morgan fingerprint density at radius 2 is 1.96 bits per heavy atom. The van der Waals surface area contributed by atoms with E-state index in [-0.39, 0.29) is 47.3 Å². The molecule has 0 spiro atoms. The number of nitrogens with zero attached hydrogens (tertiary/aromatic N) is 1. The van der Waals surface area contributed by atoms with Gasteiger partial charge in [-0.2, -0.15) is 4.31 Å². The lowest BCUT2D eigenvalue weighted by Gasteiger charge is -2.34. The molecule has 0 saturated carbocycles. The fraction of sp³-hybridized carbons (Fsp3) is 0.389. The van der Waals surface area contributed by atoms with Crippen LogP contribution in [0, 0.1) is 0 Å². The van der Waals surface area contributed by atoms with Gasteiger partial charge in [0.05, 0.1) is 30.0 Å². The minimum Gasteiger partial charge on any atom is -0.467 e. The van der Waals surface area contributed by atoms with Crippen LogP contribution in [0.25, 0.3) is 0 Å². The number of nitrogens with one attached hydrogen (secondary N) is 1. The molecule has 1 N–H and O–H groups in total. The molecule has 1 fully saturated rings. The molecule has 9 heteroatoms. The van der Waals surface area contributed by atoms with E-state index in [1.54, 1.807) is 12.1 Å². The predicted octanol–water partition coefficient (Wildman–Crippen LogP) is 2.66. The van der Waals surface area contributed by atoms with E-state index >= 15 is 0 Å². The lowest BCUT2D eigenvalue weighted by molar-refractivity contribution is -0.0440. The number of amides is 1. The number of benzene rings is 1. The number of hydrogen-bond donors (Lipinski definition) is 1. The van der Waals surface area contributed by atoms with Crippen LogP contribution in [0.5, 0.6) is 0 Å². The van der Waals surface area contributed by atoms with Gasteiger partial charge in [0.15, 0.2) is 0 Å². The number of halogens is 1. The van der Waals surface area contributed by atoms with E-state index in [1.165, 1.54) is 28.8 Å². The molecule has 1 aliphatic heterocycles. The largest absolute Gasteiger partial charge is 0.467 e. The third kappa shape index (κ3) is 4.52. The highest BCUT2D eigenvalue weighted by Crippen LogP contribution is 2.28. The number of sulfonamides is 1. The molecule has 2 atom stereocenters. The number of carbonyl (C=O) groups excluding carboxylic acids is 1. The average Bonchev–Trinajstić information content (AvgIpc) is 3.12. The van der Waals surface area contributed by atoms with Gasteiger partial charge < -0.3 is 14.5 Å². The molecule has 3 rings (SSSR count). The zero-order chi connectivity index (χ0) is 19.6. The molecule has 2 heterocycles. The molecule has 2 aromatic rings. The lowest BCUT2D eigenvalue weighted by atomic mass is 10.2. The zero-order valence-corrected chi connectivity index (χ0v) is 16.6. The van der Waals surface area contributed by atoms with Crippen LogP contribution in [0.1, 0.15) is 30.0 Å². The van der Waals surface area contributed by atoms with E-state index in [1.807, 2.05) is 13.8 Å². The molecular formula is C18H21ClN2O5S. The second-order valence-corrected chi connectivity index (χ2v) is 8.80. The predicted molar refractivity (Wildman–Crippen MR) is 100 cm³/mol. The quantitative estimate of drug-likeness (QED) is 0.815. The van der Waals surface area contributed by atoms with Crippen LogP contribution in [0.15, 0.2) is 45.9 Å². The minimum atomic E-state index is -3.85. The van der Waals surface area contributed by atoms with Crippen molar-refractivity contribution >= 4 is 27.5 Å². The van der Waals surface area contributed by atoms with Crippen molar-refractivity contribution in [1.29, 1.82) is 0 Å². The molecule has 146 valence electrons. The molecule has 1 aromatic carbocycles. The maximum atomic E-state index is 13.1. The molecule has 1 aromatic heterocycles. The van der Waals surface area contributed by atoms with Gasteiger partial charge in [-0.3, -0.25) is 4.79 Å². The number of rotatable bonds is 5. The van der Waals surface area contributed by atoms with Crippen LogP contribution in [-0.4, -0.2) is 43.9 Å². The van der Waals surface area contributed by atoms with Crippen molar-refractivity contribution in [1.82, 2.24) is 9.62 Å². The number of ether oxygens (including phenoxy) is 1. The smallest absolute Gasteiger partial charge is 0.251 e. The van der Waals surface area contributed by atoms with Crippen LogP contribution in [0.3, 0.4) is 0 Å². The Bertz CT molecular complexity index is 904. The van der Waals surface area contributed by atoms with Gasteiger partial charge in [0.25, 0.3) is 5.91 Å². The van der Waals surface area contributed by atoms with Crippen molar-refractivity contribution in [3.63, 3.8) is 0 Å². The highest BCUT2D eigenvalue weighted by Gasteiger charge is 2.33. The Kier molecular flexibility index (Phi) is 5.90. The highest BCUT2D eigenvalue weighted by molar-refractivity contribution is 7.89. The van der Waals surface area contributed by atoms with Gasteiger partial charge in [-0.1, -0.05) is 11.6 Å². The van der Waals surface area contributed by atoms with E-state index in [9.17, 15) is 13.2 Å². The Labute approximate surface area is 163 Å². The minimum absolute atomic E-state index is 0.0735. The molecule has 0 radical (unpaired) electrons. The fourth-order valence-electron chi connectivity index (χ4n) is 2.99. The first kappa shape index (κ1) is 19.9. The molecule has 1 saturated heterocycles. The molecule has 1 aliphatic rings. The SMILES string of the molecule is CC1CN(S(=O)(=O)c2cc(C(=O)NCc3ccco3)ccc2Cl)CC(C)O1. The first-order valence-electron chi connectivity index (χ1n) is 8.53. The van der Waals surface area contributed by atoms with Gasteiger partial charge >= 0.3 is 0 Å². The zero-order valence-electron chi connectivity index (χ0n) is 15.0. The summed E-state index contributed by atoms with van der Waals surface area (Å²) in [7, 11) is -3.85. The van der Waals surface area contributed by atoms with E-state index in [0.717, 1.165) is 0 Å². The first-order chi connectivity index (χ1) is 12.8. The van der Waals surface area contributed by atoms with E-state index in [0.29, 0.717) is 5.76 Å². The first-order valence-corrected chi connectivity index (χ1v) is 10.3. The molecular weight excluding hydrogens is 392 g/mol. The summed E-state index contributed by atoms with van der Waals surface area (Å²) in [5.74, 6) is 0.185. The Hall–Kier alpha value is -1.87. The van der Waals surface area contributed by atoms with Crippen LogP contribution >= 0.6 is 11.6 Å². The van der Waals surface area contributed by atoms with E-state index < -0.39 is 15.9 Å².